The number of aromatic amines is 1. The normalized spacial score (nSPS) is 13.7. The number of aliphatic hydroxyl groups is 1. The summed E-state index contributed by atoms with van der Waals surface area (Å²) in [5.41, 5.74) is 3.58. The Labute approximate surface area is 165 Å². The lowest BCUT2D eigenvalue weighted by atomic mass is 10.0. The highest BCUT2D eigenvalue weighted by Gasteiger charge is 2.27. The first-order valence-electron chi connectivity index (χ1n) is 8.52. The van der Waals surface area contributed by atoms with Crippen LogP contribution in [0.1, 0.15) is 21.9 Å². The fourth-order valence-corrected chi connectivity index (χ4v) is 3.64. The number of halogens is 2. The number of amides is 1. The summed E-state index contributed by atoms with van der Waals surface area (Å²) in [7, 11) is 0. The minimum absolute atomic E-state index is 0.0106. The van der Waals surface area contributed by atoms with Gasteiger partial charge in [0.15, 0.2) is 0 Å². The second-order valence-electron chi connectivity index (χ2n) is 6.29. The number of nitrogens with zero attached hydrogens (tertiary/aromatic N) is 3. The number of aliphatic hydroxyl groups excluding tert-OH is 1. The van der Waals surface area contributed by atoms with E-state index in [1.54, 1.807) is 23.4 Å². The van der Waals surface area contributed by atoms with Gasteiger partial charge in [0.1, 0.15) is 0 Å². The Morgan fingerprint density at radius 3 is 2.81 bits per heavy atom. The summed E-state index contributed by atoms with van der Waals surface area (Å²) in [4.78, 5) is 26.2. The van der Waals surface area contributed by atoms with Gasteiger partial charge in [-0.3, -0.25) is 4.79 Å². The third kappa shape index (κ3) is 3.34. The summed E-state index contributed by atoms with van der Waals surface area (Å²) in [5.74, 6) is -0.0716. The van der Waals surface area contributed by atoms with Gasteiger partial charge in [-0.2, -0.15) is 0 Å². The number of carbonyl (C=O) groups is 1. The highest BCUT2D eigenvalue weighted by Crippen LogP contribution is 2.35. The zero-order valence-electron chi connectivity index (χ0n) is 14.3. The monoisotopic (exact) mass is 405 g/mol. The van der Waals surface area contributed by atoms with E-state index in [0.717, 1.165) is 22.2 Å². The number of nitrogens with one attached hydrogen (secondary N) is 2. The van der Waals surface area contributed by atoms with E-state index in [9.17, 15) is 4.79 Å². The molecule has 140 valence electrons. The minimum atomic E-state index is -0.219. The first-order valence-corrected chi connectivity index (χ1v) is 9.27. The number of rotatable bonds is 4. The summed E-state index contributed by atoms with van der Waals surface area (Å²) >= 11 is 12.4. The van der Waals surface area contributed by atoms with Crippen LogP contribution in [0.2, 0.25) is 10.0 Å². The highest BCUT2D eigenvalue weighted by molar-refractivity contribution is 6.45. The molecule has 0 spiro atoms. The van der Waals surface area contributed by atoms with Crippen molar-refractivity contribution in [3.63, 3.8) is 0 Å². The van der Waals surface area contributed by atoms with Gasteiger partial charge in [0, 0.05) is 42.7 Å². The van der Waals surface area contributed by atoms with Crippen molar-refractivity contribution < 1.29 is 9.90 Å². The third-order valence-corrected chi connectivity index (χ3v) is 5.42. The van der Waals surface area contributed by atoms with Crippen molar-refractivity contribution >= 4 is 45.7 Å². The first-order chi connectivity index (χ1) is 13.1. The average molecular weight is 406 g/mol. The van der Waals surface area contributed by atoms with Gasteiger partial charge in [0.25, 0.3) is 5.91 Å². The highest BCUT2D eigenvalue weighted by atomic mass is 35.5. The molecule has 1 aromatic carbocycles. The second kappa shape index (κ2) is 7.34. The SMILES string of the molecule is O=C(c1ncc(NCCO)cn1)N1CCc2[nH]c3c(Cl)c(Cl)ccc3c2C1. The van der Waals surface area contributed by atoms with Crippen molar-refractivity contribution in [1.82, 2.24) is 19.9 Å². The summed E-state index contributed by atoms with van der Waals surface area (Å²) in [6, 6.07) is 3.69. The zero-order valence-corrected chi connectivity index (χ0v) is 15.8. The van der Waals surface area contributed by atoms with Crippen LogP contribution in [0, 0.1) is 0 Å². The molecule has 0 saturated carbocycles. The molecule has 3 heterocycles. The molecule has 0 radical (unpaired) electrons. The Kier molecular flexibility index (Phi) is 4.90. The lowest BCUT2D eigenvalue weighted by molar-refractivity contribution is 0.0722. The average Bonchev–Trinajstić information content (AvgIpc) is 3.07. The van der Waals surface area contributed by atoms with E-state index in [-0.39, 0.29) is 18.3 Å². The van der Waals surface area contributed by atoms with Crippen molar-refractivity contribution in [2.24, 2.45) is 0 Å². The summed E-state index contributed by atoms with van der Waals surface area (Å²) in [6.07, 6.45) is 3.78. The Bertz CT molecular complexity index is 1000. The summed E-state index contributed by atoms with van der Waals surface area (Å²) < 4.78 is 0. The zero-order chi connectivity index (χ0) is 19.0. The lowest BCUT2D eigenvalue weighted by Crippen LogP contribution is -2.36. The van der Waals surface area contributed by atoms with Crippen LogP contribution < -0.4 is 5.32 Å². The van der Waals surface area contributed by atoms with Crippen molar-refractivity contribution in [3.05, 3.63) is 51.7 Å². The molecular formula is C18H17Cl2N5O2. The number of benzene rings is 1. The van der Waals surface area contributed by atoms with Gasteiger partial charge in [-0.05, 0) is 6.07 Å². The number of hydrogen-bond donors (Lipinski definition) is 3. The van der Waals surface area contributed by atoms with Crippen molar-refractivity contribution in [2.45, 2.75) is 13.0 Å². The molecule has 0 saturated heterocycles. The number of aromatic nitrogens is 3. The van der Waals surface area contributed by atoms with Gasteiger partial charge in [-0.25, -0.2) is 9.97 Å². The number of H-pyrrole nitrogens is 1. The molecule has 0 bridgehead atoms. The Hall–Kier alpha value is -2.35. The minimum Gasteiger partial charge on any atom is -0.395 e. The largest absolute Gasteiger partial charge is 0.395 e. The molecule has 0 aliphatic carbocycles. The maximum absolute atomic E-state index is 12.8. The van der Waals surface area contributed by atoms with Gasteiger partial charge in [-0.1, -0.05) is 29.3 Å². The number of hydrogen-bond acceptors (Lipinski definition) is 5. The van der Waals surface area contributed by atoms with E-state index in [2.05, 4.69) is 20.3 Å². The fraction of sp³-hybridized carbons (Fsp3) is 0.278. The Morgan fingerprint density at radius 2 is 2.07 bits per heavy atom. The van der Waals surface area contributed by atoms with Crippen molar-refractivity contribution in [1.29, 1.82) is 0 Å². The van der Waals surface area contributed by atoms with E-state index < -0.39 is 0 Å². The topological polar surface area (TPSA) is 94.1 Å². The molecule has 0 atom stereocenters. The van der Waals surface area contributed by atoms with Gasteiger partial charge < -0.3 is 20.3 Å². The van der Waals surface area contributed by atoms with E-state index in [0.29, 0.717) is 41.8 Å². The molecule has 4 rings (SSSR count). The van der Waals surface area contributed by atoms with Gasteiger partial charge in [0.05, 0.1) is 40.2 Å². The first kappa shape index (κ1) is 18.0. The predicted octanol–water partition coefficient (Wildman–Crippen LogP) is 2.87. The molecule has 7 nitrogen and oxygen atoms in total. The van der Waals surface area contributed by atoms with Crippen LogP contribution in [0.15, 0.2) is 24.5 Å². The smallest absolute Gasteiger partial charge is 0.291 e. The van der Waals surface area contributed by atoms with Crippen molar-refractivity contribution in [2.75, 3.05) is 25.0 Å². The Balaban J connectivity index is 1.57. The van der Waals surface area contributed by atoms with E-state index in [1.165, 1.54) is 0 Å². The van der Waals surface area contributed by atoms with Gasteiger partial charge in [0.2, 0.25) is 5.82 Å². The number of anilines is 1. The summed E-state index contributed by atoms with van der Waals surface area (Å²) in [6.45, 7) is 1.44. The Morgan fingerprint density at radius 1 is 1.30 bits per heavy atom. The predicted molar refractivity (Wildman–Crippen MR) is 104 cm³/mol. The van der Waals surface area contributed by atoms with Crippen LogP contribution in [0.25, 0.3) is 10.9 Å². The maximum atomic E-state index is 12.8. The fourth-order valence-electron chi connectivity index (χ4n) is 3.27. The number of fused-ring (bicyclic) bond motifs is 3. The van der Waals surface area contributed by atoms with Gasteiger partial charge >= 0.3 is 0 Å². The summed E-state index contributed by atoms with van der Waals surface area (Å²) in [5, 5.41) is 13.7. The molecule has 1 amide bonds. The third-order valence-electron chi connectivity index (χ3n) is 4.61. The maximum Gasteiger partial charge on any atom is 0.291 e. The molecular weight excluding hydrogens is 389 g/mol. The van der Waals surface area contributed by atoms with E-state index in [1.807, 2.05) is 6.07 Å². The molecule has 0 fully saturated rings. The molecule has 1 aliphatic heterocycles. The molecule has 0 unspecified atom stereocenters. The molecule has 2 aromatic heterocycles. The number of carbonyl (C=O) groups excluding carboxylic acids is 1. The van der Waals surface area contributed by atoms with E-state index in [4.69, 9.17) is 28.3 Å². The van der Waals surface area contributed by atoms with E-state index >= 15 is 0 Å². The van der Waals surface area contributed by atoms with Crippen LogP contribution >= 0.6 is 23.2 Å². The standard InChI is InChI=1S/C18H17Cl2N5O2/c19-13-2-1-11-12-9-25(5-3-14(12)24-16(11)15(13)20)18(27)17-22-7-10(8-23-17)21-4-6-26/h1-2,7-8,21,24,26H,3-6,9H2. The molecule has 9 heteroatoms. The van der Waals surface area contributed by atoms with Crippen LogP contribution in [-0.2, 0) is 13.0 Å². The van der Waals surface area contributed by atoms with Gasteiger partial charge in [-0.15, -0.1) is 0 Å². The van der Waals surface area contributed by atoms with Crippen LogP contribution in [0.4, 0.5) is 5.69 Å². The van der Waals surface area contributed by atoms with Crippen LogP contribution in [0.5, 0.6) is 0 Å². The lowest BCUT2D eigenvalue weighted by Gasteiger charge is -2.26. The van der Waals surface area contributed by atoms with Crippen molar-refractivity contribution in [3.8, 4) is 0 Å². The second-order valence-corrected chi connectivity index (χ2v) is 7.07. The molecule has 27 heavy (non-hydrogen) atoms. The molecule has 3 N–H and O–H groups in total. The molecule has 1 aliphatic rings. The quantitative estimate of drug-likeness (QED) is 0.620. The van der Waals surface area contributed by atoms with Crippen LogP contribution in [0.3, 0.4) is 0 Å². The molecule has 3 aromatic rings. The van der Waals surface area contributed by atoms with Crippen LogP contribution in [-0.4, -0.2) is 50.6 Å².